The highest BCUT2D eigenvalue weighted by atomic mass is 35.5. The van der Waals surface area contributed by atoms with Gasteiger partial charge in [-0.05, 0) is 25.5 Å². The minimum atomic E-state index is -0.390. The Kier molecular flexibility index (Phi) is 4.96. The summed E-state index contributed by atoms with van der Waals surface area (Å²) in [7, 11) is 0. The number of pyridine rings is 1. The van der Waals surface area contributed by atoms with Crippen LogP contribution in [0.15, 0.2) is 12.3 Å². The molecule has 1 aromatic rings. The molecule has 0 amide bonds. The maximum atomic E-state index is 13.6. The van der Waals surface area contributed by atoms with Gasteiger partial charge in [-0.2, -0.15) is 0 Å². The van der Waals surface area contributed by atoms with Crippen molar-refractivity contribution >= 4 is 17.4 Å². The van der Waals surface area contributed by atoms with Crippen LogP contribution in [0.1, 0.15) is 13.8 Å². The van der Waals surface area contributed by atoms with Gasteiger partial charge < -0.3 is 10.6 Å². The minimum absolute atomic E-state index is 0.303. The normalized spacial score (nSPS) is 12.6. The van der Waals surface area contributed by atoms with Gasteiger partial charge in [-0.1, -0.05) is 18.5 Å². The summed E-state index contributed by atoms with van der Waals surface area (Å²) in [6.45, 7) is 5.94. The molecule has 0 aliphatic heterocycles. The lowest BCUT2D eigenvalue weighted by Crippen LogP contribution is -2.32. The highest BCUT2D eigenvalue weighted by Crippen LogP contribution is 2.20. The van der Waals surface area contributed by atoms with E-state index in [1.165, 1.54) is 12.3 Å². The van der Waals surface area contributed by atoms with E-state index in [1.807, 2.05) is 18.7 Å². The van der Waals surface area contributed by atoms with E-state index in [4.69, 9.17) is 17.3 Å². The SMILES string of the molecule is CCN(CC(C)CN)c1ncc(Cl)cc1F. The number of anilines is 1. The lowest BCUT2D eigenvalue weighted by Gasteiger charge is -2.25. The predicted molar refractivity (Wildman–Crippen MR) is 65.3 cm³/mol. The molecular weight excluding hydrogens is 229 g/mol. The summed E-state index contributed by atoms with van der Waals surface area (Å²) in [5, 5.41) is 0.309. The van der Waals surface area contributed by atoms with E-state index in [9.17, 15) is 4.39 Å². The van der Waals surface area contributed by atoms with Gasteiger partial charge in [-0.25, -0.2) is 9.37 Å². The van der Waals surface area contributed by atoms with Crippen LogP contribution < -0.4 is 10.6 Å². The Balaban J connectivity index is 2.86. The van der Waals surface area contributed by atoms with Crippen molar-refractivity contribution < 1.29 is 4.39 Å². The molecule has 0 fully saturated rings. The standard InChI is InChI=1S/C11H17ClFN3/c1-3-16(7-8(2)5-14)11-10(13)4-9(12)6-15-11/h4,6,8H,3,5,7,14H2,1-2H3. The Hall–Kier alpha value is -0.870. The van der Waals surface area contributed by atoms with Gasteiger partial charge in [0.05, 0.1) is 5.02 Å². The monoisotopic (exact) mass is 245 g/mol. The molecular formula is C11H17ClFN3. The molecule has 3 nitrogen and oxygen atoms in total. The Morgan fingerprint density at radius 3 is 2.81 bits per heavy atom. The second-order valence-electron chi connectivity index (χ2n) is 3.84. The van der Waals surface area contributed by atoms with Crippen molar-refractivity contribution in [2.45, 2.75) is 13.8 Å². The number of rotatable bonds is 5. The predicted octanol–water partition coefficient (Wildman–Crippen LogP) is 2.30. The van der Waals surface area contributed by atoms with Gasteiger partial charge in [0.2, 0.25) is 0 Å². The van der Waals surface area contributed by atoms with E-state index >= 15 is 0 Å². The third-order valence-corrected chi connectivity index (χ3v) is 2.61. The van der Waals surface area contributed by atoms with Crippen LogP contribution in [0.5, 0.6) is 0 Å². The van der Waals surface area contributed by atoms with Crippen molar-refractivity contribution in [3.8, 4) is 0 Å². The van der Waals surface area contributed by atoms with E-state index in [1.54, 1.807) is 0 Å². The van der Waals surface area contributed by atoms with Crippen LogP contribution in [-0.4, -0.2) is 24.6 Å². The van der Waals surface area contributed by atoms with E-state index in [0.29, 0.717) is 36.4 Å². The highest BCUT2D eigenvalue weighted by Gasteiger charge is 2.14. The molecule has 1 atom stereocenters. The molecule has 0 spiro atoms. The fraction of sp³-hybridized carbons (Fsp3) is 0.545. The van der Waals surface area contributed by atoms with Crippen LogP contribution in [0.2, 0.25) is 5.02 Å². The van der Waals surface area contributed by atoms with Gasteiger partial charge in [0.15, 0.2) is 11.6 Å². The summed E-state index contributed by atoms with van der Waals surface area (Å²) in [5.74, 6) is 0.252. The molecule has 0 aliphatic carbocycles. The summed E-state index contributed by atoms with van der Waals surface area (Å²) in [4.78, 5) is 5.88. The number of halogens is 2. The summed E-state index contributed by atoms with van der Waals surface area (Å²) in [6.07, 6.45) is 1.45. The Labute approximate surface area is 100 Å². The van der Waals surface area contributed by atoms with Crippen molar-refractivity contribution in [1.82, 2.24) is 4.98 Å². The van der Waals surface area contributed by atoms with Crippen molar-refractivity contribution in [3.05, 3.63) is 23.1 Å². The third-order valence-electron chi connectivity index (χ3n) is 2.40. The number of nitrogens with two attached hydrogens (primary N) is 1. The molecule has 1 aromatic heterocycles. The molecule has 1 heterocycles. The number of nitrogens with zero attached hydrogens (tertiary/aromatic N) is 2. The molecule has 1 rings (SSSR count). The van der Waals surface area contributed by atoms with Gasteiger partial charge in [0.25, 0.3) is 0 Å². The molecule has 0 aliphatic rings. The van der Waals surface area contributed by atoms with Crippen LogP contribution in [0.3, 0.4) is 0 Å². The molecule has 2 N–H and O–H groups in total. The van der Waals surface area contributed by atoms with Crippen molar-refractivity contribution in [3.63, 3.8) is 0 Å². The van der Waals surface area contributed by atoms with Crippen LogP contribution in [0, 0.1) is 11.7 Å². The maximum absolute atomic E-state index is 13.6. The molecule has 0 saturated carbocycles. The Bertz CT molecular complexity index is 346. The maximum Gasteiger partial charge on any atom is 0.167 e. The molecule has 90 valence electrons. The molecule has 0 aromatic carbocycles. The molecule has 16 heavy (non-hydrogen) atoms. The van der Waals surface area contributed by atoms with Crippen molar-refractivity contribution in [2.75, 3.05) is 24.5 Å². The lowest BCUT2D eigenvalue weighted by atomic mass is 10.1. The zero-order valence-electron chi connectivity index (χ0n) is 9.58. The average molecular weight is 246 g/mol. The van der Waals surface area contributed by atoms with E-state index in [0.717, 1.165) is 0 Å². The quantitative estimate of drug-likeness (QED) is 0.866. The van der Waals surface area contributed by atoms with Crippen molar-refractivity contribution in [1.29, 1.82) is 0 Å². The topological polar surface area (TPSA) is 42.1 Å². The van der Waals surface area contributed by atoms with Gasteiger partial charge in [-0.15, -0.1) is 0 Å². The highest BCUT2D eigenvalue weighted by molar-refractivity contribution is 6.30. The summed E-state index contributed by atoms with van der Waals surface area (Å²) < 4.78 is 13.6. The molecule has 0 saturated heterocycles. The van der Waals surface area contributed by atoms with Gasteiger partial charge >= 0.3 is 0 Å². The Morgan fingerprint density at radius 1 is 1.62 bits per heavy atom. The van der Waals surface area contributed by atoms with Crippen LogP contribution in [0.4, 0.5) is 10.2 Å². The molecule has 0 bridgehead atoms. The summed E-state index contributed by atoms with van der Waals surface area (Å²) in [5.41, 5.74) is 5.55. The first-order valence-corrected chi connectivity index (χ1v) is 5.72. The first-order chi connectivity index (χ1) is 7.58. The lowest BCUT2D eigenvalue weighted by molar-refractivity contribution is 0.554. The fourth-order valence-electron chi connectivity index (χ4n) is 1.46. The first-order valence-electron chi connectivity index (χ1n) is 5.34. The summed E-state index contributed by atoms with van der Waals surface area (Å²) in [6, 6.07) is 1.28. The molecule has 5 heteroatoms. The second kappa shape index (κ2) is 6.01. The van der Waals surface area contributed by atoms with E-state index < -0.39 is 5.82 Å². The fourth-order valence-corrected chi connectivity index (χ4v) is 1.60. The van der Waals surface area contributed by atoms with Gasteiger partial charge in [0.1, 0.15) is 0 Å². The number of aromatic nitrogens is 1. The second-order valence-corrected chi connectivity index (χ2v) is 4.27. The van der Waals surface area contributed by atoms with Crippen LogP contribution in [0.25, 0.3) is 0 Å². The smallest absolute Gasteiger partial charge is 0.167 e. The van der Waals surface area contributed by atoms with Gasteiger partial charge in [-0.3, -0.25) is 0 Å². The zero-order valence-corrected chi connectivity index (χ0v) is 10.3. The number of hydrogen-bond donors (Lipinski definition) is 1. The third kappa shape index (κ3) is 3.32. The minimum Gasteiger partial charge on any atom is -0.354 e. The average Bonchev–Trinajstić information content (AvgIpc) is 2.26. The van der Waals surface area contributed by atoms with Gasteiger partial charge in [0, 0.05) is 19.3 Å². The van der Waals surface area contributed by atoms with E-state index in [2.05, 4.69) is 4.98 Å². The first kappa shape index (κ1) is 13.2. The largest absolute Gasteiger partial charge is 0.354 e. The molecule has 1 unspecified atom stereocenters. The van der Waals surface area contributed by atoms with E-state index in [-0.39, 0.29) is 0 Å². The number of hydrogen-bond acceptors (Lipinski definition) is 3. The van der Waals surface area contributed by atoms with Crippen LogP contribution in [-0.2, 0) is 0 Å². The zero-order chi connectivity index (χ0) is 12.1. The summed E-state index contributed by atoms with van der Waals surface area (Å²) >= 11 is 5.66. The van der Waals surface area contributed by atoms with Crippen molar-refractivity contribution in [2.24, 2.45) is 11.7 Å². The molecule has 0 radical (unpaired) electrons. The Morgan fingerprint density at radius 2 is 2.31 bits per heavy atom. The van der Waals surface area contributed by atoms with Crippen LogP contribution >= 0.6 is 11.6 Å².